The molecule has 29 heavy (non-hydrogen) atoms. The number of pyridine rings is 2. The molecule has 7 heteroatoms. The molecule has 2 aliphatic rings. The van der Waals surface area contributed by atoms with Gasteiger partial charge in [-0.2, -0.15) is 0 Å². The summed E-state index contributed by atoms with van der Waals surface area (Å²) < 4.78 is 0.969. The van der Waals surface area contributed by atoms with Gasteiger partial charge in [-0.1, -0.05) is 13.8 Å². The van der Waals surface area contributed by atoms with Crippen molar-refractivity contribution < 1.29 is 9.59 Å². The second kappa shape index (κ2) is 5.86. The number of hydrogen-bond acceptors (Lipinski definition) is 6. The van der Waals surface area contributed by atoms with Gasteiger partial charge in [0.15, 0.2) is 0 Å². The molecule has 2 amide bonds. The Morgan fingerprint density at radius 1 is 1.17 bits per heavy atom. The maximum absolute atomic E-state index is 12.7. The minimum Gasteiger partial charge on any atom is -0.397 e. The maximum Gasteiger partial charge on any atom is 0.234 e. The van der Waals surface area contributed by atoms with Gasteiger partial charge in [0.25, 0.3) is 0 Å². The van der Waals surface area contributed by atoms with Crippen LogP contribution in [-0.2, 0) is 16.1 Å². The molecular formula is C22H22N4O2S. The van der Waals surface area contributed by atoms with Gasteiger partial charge >= 0.3 is 0 Å². The number of hydrogen-bond donors (Lipinski definition) is 1. The van der Waals surface area contributed by atoms with Crippen LogP contribution in [0.1, 0.15) is 30.0 Å². The predicted molar refractivity (Wildman–Crippen MR) is 113 cm³/mol. The lowest BCUT2D eigenvalue weighted by molar-refractivity contribution is -0.143. The molecule has 0 spiro atoms. The van der Waals surface area contributed by atoms with Gasteiger partial charge in [-0.3, -0.25) is 24.5 Å². The highest BCUT2D eigenvalue weighted by molar-refractivity contribution is 7.19. The van der Waals surface area contributed by atoms with Crippen molar-refractivity contribution in [2.75, 3.05) is 5.73 Å². The molecule has 1 saturated carbocycles. The highest BCUT2D eigenvalue weighted by Crippen LogP contribution is 2.63. The molecule has 1 aliphatic carbocycles. The van der Waals surface area contributed by atoms with E-state index in [1.54, 1.807) is 17.5 Å². The summed E-state index contributed by atoms with van der Waals surface area (Å²) in [6.07, 6.45) is 1.75. The maximum atomic E-state index is 12.7. The number of anilines is 1. The van der Waals surface area contributed by atoms with Crippen LogP contribution in [0.5, 0.6) is 0 Å². The molecule has 148 valence electrons. The van der Waals surface area contributed by atoms with Crippen molar-refractivity contribution in [2.24, 2.45) is 17.3 Å². The van der Waals surface area contributed by atoms with Gasteiger partial charge in [0, 0.05) is 22.3 Å². The minimum atomic E-state index is -0.189. The van der Waals surface area contributed by atoms with Crippen LogP contribution in [0.2, 0.25) is 0 Å². The summed E-state index contributed by atoms with van der Waals surface area (Å²) in [5.41, 5.74) is 11.2. The largest absolute Gasteiger partial charge is 0.397 e. The molecular weight excluding hydrogens is 384 g/mol. The monoisotopic (exact) mass is 406 g/mol. The van der Waals surface area contributed by atoms with Crippen molar-refractivity contribution in [1.29, 1.82) is 0 Å². The molecule has 2 atom stereocenters. The molecule has 3 aromatic heterocycles. The number of imide groups is 1. The van der Waals surface area contributed by atoms with E-state index in [1.165, 1.54) is 4.90 Å². The number of carbonyl (C=O) groups excluding carboxylic acids is 2. The zero-order chi connectivity index (χ0) is 20.7. The van der Waals surface area contributed by atoms with E-state index >= 15 is 0 Å². The fraction of sp³-hybridized carbons (Fsp3) is 0.364. The Hall–Kier alpha value is -2.80. The van der Waals surface area contributed by atoms with E-state index < -0.39 is 0 Å². The first-order chi connectivity index (χ1) is 13.7. The van der Waals surface area contributed by atoms with Gasteiger partial charge in [0.05, 0.1) is 40.0 Å². The number of rotatable bonds is 3. The van der Waals surface area contributed by atoms with E-state index in [0.717, 1.165) is 37.6 Å². The molecule has 2 unspecified atom stereocenters. The van der Waals surface area contributed by atoms with E-state index in [9.17, 15) is 9.59 Å². The zero-order valence-electron chi connectivity index (χ0n) is 16.8. The van der Waals surface area contributed by atoms with Gasteiger partial charge < -0.3 is 5.73 Å². The van der Waals surface area contributed by atoms with Crippen molar-refractivity contribution in [3.8, 4) is 11.3 Å². The van der Waals surface area contributed by atoms with Crippen molar-refractivity contribution in [3.05, 3.63) is 40.5 Å². The predicted octanol–water partition coefficient (Wildman–Crippen LogP) is 3.70. The Balaban J connectivity index is 1.52. The van der Waals surface area contributed by atoms with E-state index in [0.29, 0.717) is 12.2 Å². The number of likely N-dealkylation sites (tertiary alicyclic amines) is 1. The number of carbonyl (C=O) groups is 2. The molecule has 2 fully saturated rings. The van der Waals surface area contributed by atoms with Gasteiger partial charge in [0.2, 0.25) is 11.8 Å². The van der Waals surface area contributed by atoms with Crippen LogP contribution in [0.4, 0.5) is 5.69 Å². The molecule has 1 saturated heterocycles. The van der Waals surface area contributed by atoms with Crippen LogP contribution in [-0.4, -0.2) is 26.7 Å². The lowest BCUT2D eigenvalue weighted by atomic mass is 10.1. The van der Waals surface area contributed by atoms with Crippen molar-refractivity contribution in [2.45, 2.75) is 34.2 Å². The summed E-state index contributed by atoms with van der Waals surface area (Å²) in [7, 11) is 0. The van der Waals surface area contributed by atoms with Gasteiger partial charge in [-0.05, 0) is 43.0 Å². The number of nitrogens with zero attached hydrogens (tertiary/aromatic N) is 3. The normalized spacial score (nSPS) is 22.4. The number of fused-ring (bicyclic) bond motifs is 2. The Bertz CT molecular complexity index is 1190. The quantitative estimate of drug-likeness (QED) is 0.670. The molecule has 5 rings (SSSR count). The second-order valence-electron chi connectivity index (χ2n) is 8.67. The number of thiophene rings is 1. The van der Waals surface area contributed by atoms with E-state index in [1.807, 2.05) is 45.9 Å². The van der Waals surface area contributed by atoms with E-state index in [2.05, 4.69) is 9.97 Å². The topological polar surface area (TPSA) is 89.2 Å². The molecule has 0 radical (unpaired) electrons. The number of nitrogens with two attached hydrogens (primary N) is 1. The van der Waals surface area contributed by atoms with E-state index in [4.69, 9.17) is 5.73 Å². The van der Waals surface area contributed by atoms with Crippen LogP contribution >= 0.6 is 11.3 Å². The SMILES string of the molecule is Cc1cc(C)c(N)c(-c2ccnc3cc(CN4C(=O)C5C(C4=O)C5(C)C)sc23)n1. The highest BCUT2D eigenvalue weighted by Gasteiger charge is 2.72. The molecule has 1 aliphatic heterocycles. The average Bonchev–Trinajstić information content (AvgIpc) is 2.93. The van der Waals surface area contributed by atoms with Gasteiger partial charge in [-0.15, -0.1) is 11.3 Å². The third-order valence-electron chi connectivity index (χ3n) is 6.32. The molecule has 4 heterocycles. The summed E-state index contributed by atoms with van der Waals surface area (Å²) in [6, 6.07) is 5.84. The third kappa shape index (κ3) is 2.53. The van der Waals surface area contributed by atoms with Crippen molar-refractivity contribution in [3.63, 3.8) is 0 Å². The number of piperidine rings is 1. The summed E-state index contributed by atoms with van der Waals surface area (Å²) in [5.74, 6) is -0.401. The lowest BCUT2D eigenvalue weighted by Gasteiger charge is -2.19. The fourth-order valence-corrected chi connectivity index (χ4v) is 5.74. The number of amides is 2. The Kier molecular flexibility index (Phi) is 3.68. The molecule has 6 nitrogen and oxygen atoms in total. The van der Waals surface area contributed by atoms with E-state index in [-0.39, 0.29) is 29.1 Å². The molecule has 3 aromatic rings. The molecule has 0 aromatic carbocycles. The average molecular weight is 407 g/mol. The van der Waals surface area contributed by atoms with Crippen molar-refractivity contribution >= 4 is 39.1 Å². The van der Waals surface area contributed by atoms with Crippen LogP contribution in [0.3, 0.4) is 0 Å². The summed E-state index contributed by atoms with van der Waals surface area (Å²) in [6.45, 7) is 8.21. The Morgan fingerprint density at radius 2 is 1.86 bits per heavy atom. The van der Waals surface area contributed by atoms with Crippen LogP contribution in [0.25, 0.3) is 21.5 Å². The van der Waals surface area contributed by atoms with Crippen molar-refractivity contribution in [1.82, 2.24) is 14.9 Å². The Labute approximate surface area is 172 Å². The van der Waals surface area contributed by atoms with Gasteiger partial charge in [0.1, 0.15) is 0 Å². The van der Waals surface area contributed by atoms with Crippen LogP contribution < -0.4 is 5.73 Å². The summed E-state index contributed by atoms with van der Waals surface area (Å²) in [5, 5.41) is 0. The highest BCUT2D eigenvalue weighted by atomic mass is 32.1. The third-order valence-corrected chi connectivity index (χ3v) is 7.46. The van der Waals surface area contributed by atoms with Crippen LogP contribution in [0, 0.1) is 31.1 Å². The molecule has 0 bridgehead atoms. The first kappa shape index (κ1) is 18.2. The number of aryl methyl sites for hydroxylation is 2. The first-order valence-corrected chi connectivity index (χ1v) is 10.5. The zero-order valence-corrected chi connectivity index (χ0v) is 17.6. The standard InChI is InChI=1S/C22H22N4O2S/c1-10-7-11(2)25-18(17(10)23)13-5-6-24-14-8-12(29-19(13)14)9-26-20(27)15-16(21(26)28)22(15,3)4/h5-8,15-16H,9,23H2,1-4H3. The summed E-state index contributed by atoms with van der Waals surface area (Å²) in [4.78, 5) is 36.8. The Morgan fingerprint density at radius 3 is 2.55 bits per heavy atom. The minimum absolute atomic E-state index is 0.0455. The lowest BCUT2D eigenvalue weighted by Crippen LogP contribution is -2.35. The van der Waals surface area contributed by atoms with Crippen LogP contribution in [0.15, 0.2) is 24.4 Å². The smallest absolute Gasteiger partial charge is 0.234 e. The summed E-state index contributed by atoms with van der Waals surface area (Å²) >= 11 is 1.54. The first-order valence-electron chi connectivity index (χ1n) is 9.67. The van der Waals surface area contributed by atoms with Gasteiger partial charge in [-0.25, -0.2) is 0 Å². The molecule has 2 N–H and O–H groups in total. The number of aromatic nitrogens is 2. The number of nitrogen functional groups attached to an aromatic ring is 1. The fourth-order valence-electron chi connectivity index (χ4n) is 4.62. The second-order valence-corrected chi connectivity index (χ2v) is 9.80.